The predicted molar refractivity (Wildman–Crippen MR) is 86.8 cm³/mol. The van der Waals surface area contributed by atoms with Gasteiger partial charge in [-0.2, -0.15) is 0 Å². The first-order valence-electron chi connectivity index (χ1n) is 6.67. The van der Waals surface area contributed by atoms with Crippen molar-refractivity contribution in [3.8, 4) is 5.75 Å². The van der Waals surface area contributed by atoms with E-state index in [9.17, 15) is 0 Å². The van der Waals surface area contributed by atoms with Crippen molar-refractivity contribution in [3.63, 3.8) is 0 Å². The summed E-state index contributed by atoms with van der Waals surface area (Å²) in [5.74, 6) is 0.747. The highest BCUT2D eigenvalue weighted by Gasteiger charge is 2.36. The van der Waals surface area contributed by atoms with Crippen molar-refractivity contribution in [2.45, 2.75) is 10.9 Å². The molecule has 2 unspecified atom stereocenters. The zero-order valence-corrected chi connectivity index (χ0v) is 12.0. The molecule has 0 bridgehead atoms. The van der Waals surface area contributed by atoms with Gasteiger partial charge in [-0.15, -0.1) is 0 Å². The zero-order valence-electron chi connectivity index (χ0n) is 11.1. The molecular weight excluding hydrogens is 284 g/mol. The topological polar surface area (TPSA) is 62.9 Å². The fourth-order valence-electron chi connectivity index (χ4n) is 2.59. The minimum absolute atomic E-state index is 0.112. The van der Waals surface area contributed by atoms with Crippen LogP contribution >= 0.6 is 11.8 Å². The molecule has 3 aliphatic rings. The van der Waals surface area contributed by atoms with Crippen LogP contribution in [0.4, 0.5) is 5.69 Å². The SMILES string of the molecule is NC1SC2NC=CC=C2N1c1ccc2c(c1)C=CC=NO2. The number of anilines is 1. The van der Waals surface area contributed by atoms with Gasteiger partial charge >= 0.3 is 0 Å². The lowest BCUT2D eigenvalue weighted by atomic mass is 10.1. The van der Waals surface area contributed by atoms with Crippen molar-refractivity contribution >= 4 is 29.7 Å². The normalized spacial score (nSPS) is 25.6. The number of oxime groups is 1. The third-order valence-electron chi connectivity index (χ3n) is 3.53. The molecule has 3 aliphatic heterocycles. The molecular formula is C15H14N4OS. The highest BCUT2D eigenvalue weighted by atomic mass is 32.2. The van der Waals surface area contributed by atoms with Crippen molar-refractivity contribution in [1.29, 1.82) is 0 Å². The Bertz CT molecular complexity index is 695. The van der Waals surface area contributed by atoms with Gasteiger partial charge in [0.25, 0.3) is 0 Å². The van der Waals surface area contributed by atoms with Crippen LogP contribution in [0.3, 0.4) is 0 Å². The van der Waals surface area contributed by atoms with E-state index in [0.29, 0.717) is 0 Å². The number of rotatable bonds is 1. The summed E-state index contributed by atoms with van der Waals surface area (Å²) in [6, 6.07) is 6.01. The van der Waals surface area contributed by atoms with Gasteiger partial charge in [0, 0.05) is 11.3 Å². The summed E-state index contributed by atoms with van der Waals surface area (Å²) in [4.78, 5) is 7.46. The first-order chi connectivity index (χ1) is 10.3. The van der Waals surface area contributed by atoms with Crippen LogP contribution in [0.1, 0.15) is 5.56 Å². The predicted octanol–water partition coefficient (Wildman–Crippen LogP) is 2.20. The molecule has 0 aromatic heterocycles. The molecule has 0 radical (unpaired) electrons. The second-order valence-corrected chi connectivity index (χ2v) is 6.05. The molecule has 106 valence electrons. The van der Waals surface area contributed by atoms with E-state index in [1.165, 1.54) is 5.70 Å². The van der Waals surface area contributed by atoms with Crippen LogP contribution < -0.4 is 20.8 Å². The van der Waals surface area contributed by atoms with Crippen molar-refractivity contribution < 1.29 is 4.84 Å². The summed E-state index contributed by atoms with van der Waals surface area (Å²) < 4.78 is 0. The number of benzene rings is 1. The van der Waals surface area contributed by atoms with Crippen molar-refractivity contribution in [1.82, 2.24) is 5.32 Å². The molecule has 3 N–H and O–H groups in total. The molecule has 0 aliphatic carbocycles. The number of hydrogen-bond donors (Lipinski definition) is 2. The Morgan fingerprint density at radius 3 is 3.24 bits per heavy atom. The second kappa shape index (κ2) is 4.98. The Morgan fingerprint density at radius 1 is 1.33 bits per heavy atom. The number of nitrogens with two attached hydrogens (primary N) is 1. The van der Waals surface area contributed by atoms with E-state index in [-0.39, 0.29) is 10.9 Å². The Labute approximate surface area is 126 Å². The fraction of sp³-hybridized carbons (Fsp3) is 0.133. The van der Waals surface area contributed by atoms with Crippen LogP contribution in [-0.4, -0.2) is 17.1 Å². The maximum atomic E-state index is 6.28. The van der Waals surface area contributed by atoms with Gasteiger partial charge in [0.2, 0.25) is 0 Å². The summed E-state index contributed by atoms with van der Waals surface area (Å²) in [7, 11) is 0. The van der Waals surface area contributed by atoms with Crippen LogP contribution in [0.25, 0.3) is 6.08 Å². The number of dihydropyridines is 1. The quantitative estimate of drug-likeness (QED) is 0.832. The van der Waals surface area contributed by atoms with Crippen LogP contribution in [0.5, 0.6) is 5.75 Å². The van der Waals surface area contributed by atoms with E-state index >= 15 is 0 Å². The molecule has 2 atom stereocenters. The smallest absolute Gasteiger partial charge is 0.165 e. The maximum absolute atomic E-state index is 6.28. The average Bonchev–Trinajstić information content (AvgIpc) is 2.68. The van der Waals surface area contributed by atoms with Crippen molar-refractivity contribution in [2.24, 2.45) is 10.9 Å². The van der Waals surface area contributed by atoms with E-state index in [1.807, 2.05) is 36.6 Å². The fourth-order valence-corrected chi connectivity index (χ4v) is 3.72. The summed E-state index contributed by atoms with van der Waals surface area (Å²) in [6.45, 7) is 0. The van der Waals surface area contributed by atoms with Crippen LogP contribution in [0, 0.1) is 0 Å². The van der Waals surface area contributed by atoms with Crippen molar-refractivity contribution in [3.05, 3.63) is 53.9 Å². The van der Waals surface area contributed by atoms with E-state index in [4.69, 9.17) is 10.6 Å². The first kappa shape index (κ1) is 12.6. The van der Waals surface area contributed by atoms with Gasteiger partial charge in [-0.1, -0.05) is 16.9 Å². The molecule has 1 fully saturated rings. The third kappa shape index (κ3) is 2.12. The molecule has 5 nitrogen and oxygen atoms in total. The second-order valence-electron chi connectivity index (χ2n) is 4.82. The van der Waals surface area contributed by atoms with Crippen LogP contribution in [-0.2, 0) is 0 Å². The van der Waals surface area contributed by atoms with Crippen molar-refractivity contribution in [2.75, 3.05) is 4.90 Å². The number of allylic oxidation sites excluding steroid dienone is 3. The molecule has 1 aromatic carbocycles. The number of nitrogens with one attached hydrogen (secondary N) is 1. The standard InChI is InChI=1S/C15H14N4OS/c16-15-19(12-4-2-7-17-14(12)21-15)11-5-6-13-10(9-11)3-1-8-18-20-13/h1-9,14-15,17H,16H2. The van der Waals surface area contributed by atoms with E-state index < -0.39 is 0 Å². The molecule has 0 saturated carbocycles. The largest absolute Gasteiger partial charge is 0.374 e. The molecule has 1 aromatic rings. The Morgan fingerprint density at radius 2 is 2.29 bits per heavy atom. The molecule has 0 amide bonds. The number of thioether (sulfide) groups is 1. The van der Waals surface area contributed by atoms with Crippen LogP contribution in [0.15, 0.2) is 53.5 Å². The summed E-state index contributed by atoms with van der Waals surface area (Å²) in [6.07, 6.45) is 11.5. The highest BCUT2D eigenvalue weighted by molar-refractivity contribution is 8.01. The first-order valence-corrected chi connectivity index (χ1v) is 7.61. The minimum Gasteiger partial charge on any atom is -0.374 e. The maximum Gasteiger partial charge on any atom is 0.165 e. The molecule has 1 saturated heterocycles. The zero-order chi connectivity index (χ0) is 14.2. The number of nitrogens with zero attached hydrogens (tertiary/aromatic N) is 2. The number of hydrogen-bond acceptors (Lipinski definition) is 6. The van der Waals surface area contributed by atoms with E-state index in [2.05, 4.69) is 27.5 Å². The Kier molecular flexibility index (Phi) is 2.98. The van der Waals surface area contributed by atoms with Gasteiger partial charge < -0.3 is 20.8 Å². The van der Waals surface area contributed by atoms with E-state index in [0.717, 1.165) is 17.0 Å². The van der Waals surface area contributed by atoms with Crippen LogP contribution in [0.2, 0.25) is 0 Å². The molecule has 3 heterocycles. The lowest BCUT2D eigenvalue weighted by molar-refractivity contribution is 0.344. The van der Waals surface area contributed by atoms with Gasteiger partial charge in [-0.25, -0.2) is 0 Å². The summed E-state index contributed by atoms with van der Waals surface area (Å²) >= 11 is 1.69. The molecule has 0 spiro atoms. The molecule has 4 rings (SSSR count). The van der Waals surface area contributed by atoms with Gasteiger partial charge in [0.1, 0.15) is 10.9 Å². The number of fused-ring (bicyclic) bond motifs is 2. The summed E-state index contributed by atoms with van der Waals surface area (Å²) in [5, 5.41) is 7.36. The Balaban J connectivity index is 1.75. The lowest BCUT2D eigenvalue weighted by Crippen LogP contribution is -2.35. The third-order valence-corrected chi connectivity index (χ3v) is 4.67. The van der Waals surface area contributed by atoms with Gasteiger partial charge in [0.15, 0.2) is 5.75 Å². The van der Waals surface area contributed by atoms with Gasteiger partial charge in [0.05, 0.1) is 11.9 Å². The highest BCUT2D eigenvalue weighted by Crippen LogP contribution is 2.40. The lowest BCUT2D eigenvalue weighted by Gasteiger charge is -2.26. The monoisotopic (exact) mass is 298 g/mol. The van der Waals surface area contributed by atoms with E-state index in [1.54, 1.807) is 18.0 Å². The average molecular weight is 298 g/mol. The van der Waals surface area contributed by atoms with Gasteiger partial charge in [-0.05, 0) is 48.7 Å². The summed E-state index contributed by atoms with van der Waals surface area (Å²) in [5.41, 5.74) is 9.38. The van der Waals surface area contributed by atoms with Gasteiger partial charge in [-0.3, -0.25) is 0 Å². The molecule has 6 heteroatoms. The Hall–Kier alpha value is -2.18. The molecule has 21 heavy (non-hydrogen) atoms. The minimum atomic E-state index is -0.112.